The quantitative estimate of drug-likeness (QED) is 0.860. The monoisotopic (exact) mass is 271 g/mol. The van der Waals surface area contributed by atoms with Crippen molar-refractivity contribution in [2.45, 2.75) is 53.5 Å². The lowest BCUT2D eigenvalue weighted by Crippen LogP contribution is -2.36. The van der Waals surface area contributed by atoms with Crippen LogP contribution in [0.2, 0.25) is 5.15 Å². The molecule has 0 aliphatic heterocycles. The highest BCUT2D eigenvalue weighted by Crippen LogP contribution is 2.30. The molecule has 1 aromatic rings. The number of hydrogen-bond acceptors (Lipinski definition) is 2. The Hall–Kier alpha value is -0.540. The van der Waals surface area contributed by atoms with Crippen molar-refractivity contribution in [1.29, 1.82) is 0 Å². The van der Waals surface area contributed by atoms with Crippen LogP contribution < -0.4 is 5.32 Å². The number of aryl methyl sites for hydroxylation is 2. The predicted molar refractivity (Wildman–Crippen MR) is 78.2 cm³/mol. The van der Waals surface area contributed by atoms with Crippen LogP contribution in [0, 0.1) is 12.3 Å². The third kappa shape index (κ3) is 3.72. The summed E-state index contributed by atoms with van der Waals surface area (Å²) in [6.07, 6.45) is 2.10. The third-order valence-electron chi connectivity index (χ3n) is 3.66. The Morgan fingerprint density at radius 2 is 2.06 bits per heavy atom. The fraction of sp³-hybridized carbons (Fsp3) is 0.786. The molecular formula is C14H26ClN3. The maximum Gasteiger partial charge on any atom is 0.130 e. The topological polar surface area (TPSA) is 29.9 Å². The number of nitrogens with zero attached hydrogens (tertiary/aromatic N) is 2. The normalized spacial score (nSPS) is 15.1. The molecule has 0 aliphatic carbocycles. The van der Waals surface area contributed by atoms with Gasteiger partial charge in [-0.2, -0.15) is 5.10 Å². The van der Waals surface area contributed by atoms with E-state index in [4.69, 9.17) is 11.6 Å². The van der Waals surface area contributed by atoms with Crippen molar-refractivity contribution in [2.24, 2.45) is 12.5 Å². The van der Waals surface area contributed by atoms with E-state index in [1.807, 2.05) is 14.0 Å². The molecule has 4 heteroatoms. The standard InChI is InChI=1S/C14H26ClN3/c1-7-14(5,9-16-10(2)3)8-12-11(4)17-18(6)13(12)15/h10,16H,7-9H2,1-6H3. The molecule has 1 atom stereocenters. The van der Waals surface area contributed by atoms with Crippen LogP contribution in [0.1, 0.15) is 45.4 Å². The third-order valence-corrected chi connectivity index (χ3v) is 4.14. The first-order valence-electron chi connectivity index (χ1n) is 6.70. The highest BCUT2D eigenvalue weighted by atomic mass is 35.5. The summed E-state index contributed by atoms with van der Waals surface area (Å²) in [5, 5.41) is 8.70. The average molecular weight is 272 g/mol. The van der Waals surface area contributed by atoms with E-state index in [0.29, 0.717) is 6.04 Å². The molecule has 1 rings (SSSR count). The largest absolute Gasteiger partial charge is 0.314 e. The number of hydrogen-bond donors (Lipinski definition) is 1. The molecule has 1 unspecified atom stereocenters. The maximum absolute atomic E-state index is 6.32. The van der Waals surface area contributed by atoms with Crippen LogP contribution in [-0.4, -0.2) is 22.4 Å². The van der Waals surface area contributed by atoms with Crippen molar-refractivity contribution in [2.75, 3.05) is 6.54 Å². The van der Waals surface area contributed by atoms with E-state index in [1.54, 1.807) is 4.68 Å². The highest BCUT2D eigenvalue weighted by Gasteiger charge is 2.26. The van der Waals surface area contributed by atoms with Crippen LogP contribution in [0.4, 0.5) is 0 Å². The average Bonchev–Trinajstić information content (AvgIpc) is 2.53. The van der Waals surface area contributed by atoms with Crippen molar-refractivity contribution in [3.8, 4) is 0 Å². The Kier molecular flexibility index (Phi) is 5.23. The number of rotatable bonds is 6. The molecule has 18 heavy (non-hydrogen) atoms. The van der Waals surface area contributed by atoms with Gasteiger partial charge in [-0.25, -0.2) is 0 Å². The van der Waals surface area contributed by atoms with Crippen molar-refractivity contribution in [3.63, 3.8) is 0 Å². The van der Waals surface area contributed by atoms with E-state index in [-0.39, 0.29) is 5.41 Å². The Morgan fingerprint density at radius 1 is 1.44 bits per heavy atom. The minimum absolute atomic E-state index is 0.224. The lowest BCUT2D eigenvalue weighted by atomic mass is 9.81. The van der Waals surface area contributed by atoms with Crippen LogP contribution in [0.15, 0.2) is 0 Å². The Labute approximate surface area is 116 Å². The molecule has 0 bridgehead atoms. The van der Waals surface area contributed by atoms with Gasteiger partial charge in [-0.15, -0.1) is 0 Å². The molecular weight excluding hydrogens is 246 g/mol. The van der Waals surface area contributed by atoms with Gasteiger partial charge in [-0.1, -0.05) is 39.3 Å². The minimum Gasteiger partial charge on any atom is -0.314 e. The van der Waals surface area contributed by atoms with Crippen LogP contribution in [0.5, 0.6) is 0 Å². The summed E-state index contributed by atoms with van der Waals surface area (Å²) in [4.78, 5) is 0. The summed E-state index contributed by atoms with van der Waals surface area (Å²) < 4.78 is 1.76. The summed E-state index contributed by atoms with van der Waals surface area (Å²) in [5.74, 6) is 0. The van der Waals surface area contributed by atoms with Gasteiger partial charge in [-0.3, -0.25) is 4.68 Å². The van der Waals surface area contributed by atoms with Crippen LogP contribution in [0.3, 0.4) is 0 Å². The van der Waals surface area contributed by atoms with Crippen molar-refractivity contribution in [3.05, 3.63) is 16.4 Å². The lowest BCUT2D eigenvalue weighted by molar-refractivity contribution is 0.281. The molecule has 3 nitrogen and oxygen atoms in total. The van der Waals surface area contributed by atoms with Crippen molar-refractivity contribution >= 4 is 11.6 Å². The zero-order chi connectivity index (χ0) is 13.9. The Bertz CT molecular complexity index is 398. The van der Waals surface area contributed by atoms with Crippen molar-refractivity contribution in [1.82, 2.24) is 15.1 Å². The van der Waals surface area contributed by atoms with E-state index in [9.17, 15) is 0 Å². The van der Waals surface area contributed by atoms with Gasteiger partial charge in [0.1, 0.15) is 5.15 Å². The molecule has 0 saturated heterocycles. The zero-order valence-electron chi connectivity index (χ0n) is 12.5. The zero-order valence-corrected chi connectivity index (χ0v) is 13.2. The Balaban J connectivity index is 2.84. The number of aromatic nitrogens is 2. The number of halogens is 1. The first-order valence-corrected chi connectivity index (χ1v) is 7.08. The maximum atomic E-state index is 6.32. The molecule has 0 spiro atoms. The van der Waals surface area contributed by atoms with E-state index >= 15 is 0 Å². The molecule has 0 radical (unpaired) electrons. The molecule has 0 saturated carbocycles. The van der Waals surface area contributed by atoms with Gasteiger partial charge in [0.15, 0.2) is 0 Å². The molecule has 1 N–H and O–H groups in total. The van der Waals surface area contributed by atoms with Gasteiger partial charge < -0.3 is 5.32 Å². The molecule has 0 aliphatic rings. The highest BCUT2D eigenvalue weighted by molar-refractivity contribution is 6.30. The molecule has 0 fully saturated rings. The number of nitrogens with one attached hydrogen (secondary N) is 1. The van der Waals surface area contributed by atoms with E-state index in [0.717, 1.165) is 30.2 Å². The first kappa shape index (κ1) is 15.5. The van der Waals surface area contributed by atoms with Crippen LogP contribution in [0.25, 0.3) is 0 Å². The summed E-state index contributed by atoms with van der Waals surface area (Å²) in [6, 6.07) is 0.515. The van der Waals surface area contributed by atoms with Crippen LogP contribution >= 0.6 is 11.6 Å². The second-order valence-electron chi connectivity index (χ2n) is 5.85. The van der Waals surface area contributed by atoms with Crippen LogP contribution in [-0.2, 0) is 13.5 Å². The second-order valence-corrected chi connectivity index (χ2v) is 6.21. The van der Waals surface area contributed by atoms with Gasteiger partial charge in [-0.05, 0) is 25.2 Å². The molecule has 0 aromatic carbocycles. The summed E-state index contributed by atoms with van der Waals surface area (Å²) in [5.41, 5.74) is 2.46. The first-order chi connectivity index (χ1) is 8.29. The summed E-state index contributed by atoms with van der Waals surface area (Å²) in [6.45, 7) is 11.9. The Morgan fingerprint density at radius 3 is 2.44 bits per heavy atom. The SMILES string of the molecule is CCC(C)(CNC(C)C)Cc1c(C)nn(C)c1Cl. The predicted octanol–water partition coefficient (Wildman–Crippen LogP) is 3.34. The minimum atomic E-state index is 0.224. The van der Waals surface area contributed by atoms with Gasteiger partial charge in [0.05, 0.1) is 5.69 Å². The van der Waals surface area contributed by atoms with Gasteiger partial charge >= 0.3 is 0 Å². The molecule has 1 heterocycles. The van der Waals surface area contributed by atoms with Gasteiger partial charge in [0, 0.05) is 25.2 Å². The lowest BCUT2D eigenvalue weighted by Gasteiger charge is -2.30. The van der Waals surface area contributed by atoms with Gasteiger partial charge in [0.25, 0.3) is 0 Å². The summed E-state index contributed by atoms with van der Waals surface area (Å²) >= 11 is 6.32. The fourth-order valence-corrected chi connectivity index (χ4v) is 2.31. The van der Waals surface area contributed by atoms with E-state index in [1.165, 1.54) is 5.56 Å². The molecule has 0 amide bonds. The van der Waals surface area contributed by atoms with Crippen molar-refractivity contribution < 1.29 is 0 Å². The fourth-order valence-electron chi connectivity index (χ4n) is 2.06. The molecule has 104 valence electrons. The smallest absolute Gasteiger partial charge is 0.130 e. The van der Waals surface area contributed by atoms with E-state index in [2.05, 4.69) is 38.1 Å². The van der Waals surface area contributed by atoms with Gasteiger partial charge in [0.2, 0.25) is 0 Å². The second kappa shape index (κ2) is 6.07. The summed E-state index contributed by atoms with van der Waals surface area (Å²) in [7, 11) is 1.90. The van der Waals surface area contributed by atoms with E-state index < -0.39 is 0 Å². The molecule has 1 aromatic heterocycles.